The van der Waals surface area contributed by atoms with Gasteiger partial charge >= 0.3 is 0 Å². The van der Waals surface area contributed by atoms with E-state index in [1.54, 1.807) is 6.92 Å². The molecule has 0 atom stereocenters. The normalized spacial score (nSPS) is 11.4. The second-order valence-corrected chi connectivity index (χ2v) is 6.04. The summed E-state index contributed by atoms with van der Waals surface area (Å²) in [5.41, 5.74) is 11.0. The van der Waals surface area contributed by atoms with Crippen LogP contribution in [0.15, 0.2) is 70.4 Å². The van der Waals surface area contributed by atoms with Gasteiger partial charge in [-0.15, -0.1) is 5.10 Å². The van der Waals surface area contributed by atoms with Gasteiger partial charge in [0.25, 0.3) is 5.91 Å². The molecule has 0 saturated heterocycles. The van der Waals surface area contributed by atoms with Gasteiger partial charge in [-0.05, 0) is 22.8 Å². The number of nitrogens with two attached hydrogens (primary N) is 1. The van der Waals surface area contributed by atoms with Gasteiger partial charge < -0.3 is 5.73 Å². The van der Waals surface area contributed by atoms with Crippen molar-refractivity contribution in [2.45, 2.75) is 6.92 Å². The number of carbonyl (C=O) groups is 1. The standard InChI is InChI=1S/C19H16N8O2/c1-12(13-8-4-2-5-9-13)21-23-19(28)15-16(14-10-6-3-7-11-14)27(26-22-15)18-17(20)24-29-25-18/h2-11H,1H3,(H2,20,24)(H,23,28)/b21-12+. The average Bonchev–Trinajstić information content (AvgIpc) is 3.39. The number of amides is 1. The van der Waals surface area contributed by atoms with Crippen LogP contribution in [0.3, 0.4) is 0 Å². The lowest BCUT2D eigenvalue weighted by Gasteiger charge is -2.06. The number of aromatic nitrogens is 5. The van der Waals surface area contributed by atoms with E-state index in [1.807, 2.05) is 60.7 Å². The molecular weight excluding hydrogens is 372 g/mol. The molecule has 0 aliphatic heterocycles. The molecular formula is C19H16N8O2. The molecule has 29 heavy (non-hydrogen) atoms. The minimum atomic E-state index is -0.527. The molecule has 4 aromatic rings. The molecule has 0 fully saturated rings. The van der Waals surface area contributed by atoms with Gasteiger partial charge in [-0.2, -0.15) is 9.78 Å². The van der Waals surface area contributed by atoms with Crippen LogP contribution >= 0.6 is 0 Å². The van der Waals surface area contributed by atoms with Crippen molar-refractivity contribution >= 4 is 17.4 Å². The van der Waals surface area contributed by atoms with E-state index in [-0.39, 0.29) is 17.3 Å². The topological polar surface area (TPSA) is 137 Å². The van der Waals surface area contributed by atoms with Crippen molar-refractivity contribution in [2.75, 3.05) is 5.73 Å². The SMILES string of the molecule is C/C(=N\NC(=O)c1nnn(-c2nonc2N)c1-c1ccccc1)c1ccccc1. The van der Waals surface area contributed by atoms with Crippen molar-refractivity contribution in [3.8, 4) is 17.1 Å². The molecule has 144 valence electrons. The Hall–Kier alpha value is -4.34. The summed E-state index contributed by atoms with van der Waals surface area (Å²) in [6.45, 7) is 1.80. The highest BCUT2D eigenvalue weighted by atomic mass is 16.6. The van der Waals surface area contributed by atoms with Gasteiger partial charge in [-0.25, -0.2) is 10.1 Å². The maximum atomic E-state index is 12.8. The predicted octanol–water partition coefficient (Wildman–Crippen LogP) is 2.05. The highest BCUT2D eigenvalue weighted by Crippen LogP contribution is 2.26. The Morgan fingerprint density at radius 3 is 2.41 bits per heavy atom. The monoisotopic (exact) mass is 388 g/mol. The molecule has 0 aliphatic carbocycles. The molecule has 0 radical (unpaired) electrons. The molecule has 2 heterocycles. The molecule has 0 unspecified atom stereocenters. The Bertz CT molecular complexity index is 1170. The Labute approximate surface area is 165 Å². The van der Waals surface area contributed by atoms with Crippen LogP contribution < -0.4 is 11.2 Å². The molecule has 2 aromatic carbocycles. The average molecular weight is 388 g/mol. The summed E-state index contributed by atoms with van der Waals surface area (Å²) in [7, 11) is 0. The van der Waals surface area contributed by atoms with E-state index in [0.29, 0.717) is 17.0 Å². The molecule has 4 rings (SSSR count). The van der Waals surface area contributed by atoms with Crippen LogP contribution in [0, 0.1) is 0 Å². The fraction of sp³-hybridized carbons (Fsp3) is 0.0526. The maximum absolute atomic E-state index is 12.8. The maximum Gasteiger partial charge on any atom is 0.294 e. The van der Waals surface area contributed by atoms with Crippen LogP contribution in [0.5, 0.6) is 0 Å². The van der Waals surface area contributed by atoms with Crippen LogP contribution in [0.1, 0.15) is 23.0 Å². The van der Waals surface area contributed by atoms with Crippen molar-refractivity contribution in [2.24, 2.45) is 5.10 Å². The first-order valence-electron chi connectivity index (χ1n) is 8.64. The quantitative estimate of drug-likeness (QED) is 0.394. The van der Waals surface area contributed by atoms with Crippen LogP contribution in [0.4, 0.5) is 5.82 Å². The first-order chi connectivity index (χ1) is 14.1. The highest BCUT2D eigenvalue weighted by molar-refractivity contribution is 6.02. The third-order valence-corrected chi connectivity index (χ3v) is 4.15. The van der Waals surface area contributed by atoms with E-state index in [0.717, 1.165) is 5.56 Å². The number of benzene rings is 2. The fourth-order valence-electron chi connectivity index (χ4n) is 2.71. The van der Waals surface area contributed by atoms with Crippen LogP contribution in [0.2, 0.25) is 0 Å². The predicted molar refractivity (Wildman–Crippen MR) is 105 cm³/mol. The zero-order valence-electron chi connectivity index (χ0n) is 15.4. The fourth-order valence-corrected chi connectivity index (χ4v) is 2.71. The van der Waals surface area contributed by atoms with Gasteiger partial charge in [0.2, 0.25) is 11.6 Å². The van der Waals surface area contributed by atoms with E-state index in [9.17, 15) is 4.79 Å². The van der Waals surface area contributed by atoms with Crippen LogP contribution in [0.25, 0.3) is 17.1 Å². The Balaban J connectivity index is 1.71. The molecule has 3 N–H and O–H groups in total. The molecule has 10 heteroatoms. The Morgan fingerprint density at radius 1 is 1.07 bits per heavy atom. The van der Waals surface area contributed by atoms with E-state index < -0.39 is 5.91 Å². The van der Waals surface area contributed by atoms with Crippen molar-refractivity contribution in [3.05, 3.63) is 71.9 Å². The number of carbonyl (C=O) groups excluding carboxylic acids is 1. The smallest absolute Gasteiger partial charge is 0.294 e. The van der Waals surface area contributed by atoms with Crippen LogP contribution in [-0.4, -0.2) is 36.9 Å². The lowest BCUT2D eigenvalue weighted by molar-refractivity contribution is 0.0950. The number of nitrogens with one attached hydrogen (secondary N) is 1. The molecule has 0 aliphatic rings. The van der Waals surface area contributed by atoms with Gasteiger partial charge in [0.1, 0.15) is 5.69 Å². The molecule has 1 amide bonds. The first kappa shape index (κ1) is 18.0. The minimum absolute atomic E-state index is 0.0250. The lowest BCUT2D eigenvalue weighted by Crippen LogP contribution is -2.21. The van der Waals surface area contributed by atoms with Crippen molar-refractivity contribution in [3.63, 3.8) is 0 Å². The molecule has 0 spiro atoms. The molecule has 0 bridgehead atoms. The third-order valence-electron chi connectivity index (χ3n) is 4.15. The van der Waals surface area contributed by atoms with Crippen LogP contribution in [-0.2, 0) is 0 Å². The molecule has 10 nitrogen and oxygen atoms in total. The number of nitrogens with zero attached hydrogens (tertiary/aromatic N) is 6. The zero-order chi connectivity index (χ0) is 20.2. The summed E-state index contributed by atoms with van der Waals surface area (Å²) < 4.78 is 5.96. The number of nitrogen functional groups attached to an aromatic ring is 1. The van der Waals surface area contributed by atoms with E-state index in [2.05, 4.69) is 35.8 Å². The summed E-state index contributed by atoms with van der Waals surface area (Å²) in [5, 5.41) is 19.5. The van der Waals surface area contributed by atoms with Gasteiger partial charge in [0.05, 0.1) is 5.71 Å². The van der Waals surface area contributed by atoms with Crippen molar-refractivity contribution in [1.29, 1.82) is 0 Å². The lowest BCUT2D eigenvalue weighted by atomic mass is 10.1. The second-order valence-electron chi connectivity index (χ2n) is 6.04. The number of rotatable bonds is 5. The Kier molecular flexibility index (Phi) is 4.81. The van der Waals surface area contributed by atoms with Gasteiger partial charge in [-0.3, -0.25) is 4.79 Å². The highest BCUT2D eigenvalue weighted by Gasteiger charge is 2.25. The summed E-state index contributed by atoms with van der Waals surface area (Å²) >= 11 is 0. The van der Waals surface area contributed by atoms with Gasteiger partial charge in [-0.1, -0.05) is 65.9 Å². The second kappa shape index (κ2) is 7.72. The van der Waals surface area contributed by atoms with Crippen molar-refractivity contribution < 1.29 is 9.42 Å². The minimum Gasteiger partial charge on any atom is -0.378 e. The molecule has 2 aromatic heterocycles. The largest absolute Gasteiger partial charge is 0.378 e. The number of hydrazone groups is 1. The molecule has 0 saturated carbocycles. The van der Waals surface area contributed by atoms with E-state index >= 15 is 0 Å². The first-order valence-corrected chi connectivity index (χ1v) is 8.64. The summed E-state index contributed by atoms with van der Waals surface area (Å²) in [4.78, 5) is 12.8. The van der Waals surface area contributed by atoms with E-state index in [1.165, 1.54) is 4.68 Å². The summed E-state index contributed by atoms with van der Waals surface area (Å²) in [6, 6.07) is 18.6. The number of anilines is 1. The summed E-state index contributed by atoms with van der Waals surface area (Å²) in [6.07, 6.45) is 0. The van der Waals surface area contributed by atoms with Gasteiger partial charge in [0.15, 0.2) is 5.69 Å². The summed E-state index contributed by atoms with van der Waals surface area (Å²) in [5.74, 6) is -0.364. The number of hydrogen-bond acceptors (Lipinski definition) is 8. The van der Waals surface area contributed by atoms with Gasteiger partial charge in [0, 0.05) is 5.56 Å². The van der Waals surface area contributed by atoms with E-state index in [4.69, 9.17) is 5.73 Å². The number of hydrogen-bond donors (Lipinski definition) is 2. The third kappa shape index (κ3) is 3.58. The zero-order valence-corrected chi connectivity index (χ0v) is 15.4. The Morgan fingerprint density at radius 2 is 1.76 bits per heavy atom. The van der Waals surface area contributed by atoms with Crippen molar-refractivity contribution in [1.82, 2.24) is 30.7 Å².